The molecule has 2 heterocycles. The van der Waals surface area contributed by atoms with Gasteiger partial charge in [0, 0.05) is 30.8 Å². The first kappa shape index (κ1) is 12.8. The number of rotatable bonds is 2. The quantitative estimate of drug-likeness (QED) is 0.796. The van der Waals surface area contributed by atoms with Crippen LogP contribution in [0.3, 0.4) is 0 Å². The molecule has 1 aromatic carbocycles. The predicted octanol–water partition coefficient (Wildman–Crippen LogP) is 1.22. The number of urea groups is 1. The Morgan fingerprint density at radius 3 is 3.00 bits per heavy atom. The van der Waals surface area contributed by atoms with Crippen molar-refractivity contribution in [1.82, 2.24) is 5.43 Å². The lowest BCUT2D eigenvalue weighted by Crippen LogP contribution is -2.37. The van der Waals surface area contributed by atoms with E-state index in [1.165, 1.54) is 11.3 Å². The van der Waals surface area contributed by atoms with E-state index < -0.39 is 6.03 Å². The SMILES string of the molecule is COc1cc2c3c(c1)C(=NNC(N)=O)CCN3CCC2. The number of aryl methyl sites for hydroxylation is 1. The van der Waals surface area contributed by atoms with Crippen molar-refractivity contribution >= 4 is 17.4 Å². The van der Waals surface area contributed by atoms with Gasteiger partial charge < -0.3 is 15.4 Å². The van der Waals surface area contributed by atoms with Crippen molar-refractivity contribution in [3.63, 3.8) is 0 Å². The summed E-state index contributed by atoms with van der Waals surface area (Å²) in [5.74, 6) is 0.828. The lowest BCUT2D eigenvalue weighted by molar-refractivity contribution is 0.249. The number of primary amides is 1. The lowest BCUT2D eigenvalue weighted by atomic mass is 9.90. The van der Waals surface area contributed by atoms with Gasteiger partial charge in [-0.2, -0.15) is 5.10 Å². The molecule has 2 amide bonds. The normalized spacial score (nSPS) is 18.6. The van der Waals surface area contributed by atoms with Gasteiger partial charge in [-0.15, -0.1) is 0 Å². The summed E-state index contributed by atoms with van der Waals surface area (Å²) in [6.07, 6.45) is 3.00. The maximum absolute atomic E-state index is 10.8. The molecule has 2 aliphatic rings. The zero-order chi connectivity index (χ0) is 14.1. The van der Waals surface area contributed by atoms with Crippen molar-refractivity contribution in [3.8, 4) is 5.75 Å². The van der Waals surface area contributed by atoms with Crippen molar-refractivity contribution in [1.29, 1.82) is 0 Å². The summed E-state index contributed by atoms with van der Waals surface area (Å²) in [7, 11) is 1.66. The van der Waals surface area contributed by atoms with E-state index in [0.717, 1.165) is 49.4 Å². The number of ether oxygens (including phenoxy) is 1. The standard InChI is InChI=1S/C14H18N4O2/c1-20-10-7-9-3-2-5-18-6-4-12(16-17-14(15)19)11(8-10)13(9)18/h7-8H,2-6H2,1H3,(H3,15,17,19). The first-order valence-corrected chi connectivity index (χ1v) is 6.77. The van der Waals surface area contributed by atoms with E-state index in [0.29, 0.717) is 0 Å². The highest BCUT2D eigenvalue weighted by Gasteiger charge is 2.28. The zero-order valence-corrected chi connectivity index (χ0v) is 11.5. The van der Waals surface area contributed by atoms with E-state index in [9.17, 15) is 4.79 Å². The Kier molecular flexibility index (Phi) is 3.22. The van der Waals surface area contributed by atoms with Gasteiger partial charge in [0.1, 0.15) is 5.75 Å². The summed E-state index contributed by atoms with van der Waals surface area (Å²) < 4.78 is 5.37. The third kappa shape index (κ3) is 2.17. The van der Waals surface area contributed by atoms with Gasteiger partial charge in [-0.1, -0.05) is 0 Å². The number of methoxy groups -OCH3 is 1. The molecule has 3 N–H and O–H groups in total. The minimum atomic E-state index is -0.642. The molecule has 20 heavy (non-hydrogen) atoms. The number of anilines is 1. The van der Waals surface area contributed by atoms with Crippen molar-refractivity contribution in [2.24, 2.45) is 10.8 Å². The van der Waals surface area contributed by atoms with Gasteiger partial charge in [0.05, 0.1) is 12.8 Å². The lowest BCUT2D eigenvalue weighted by Gasteiger charge is -2.37. The van der Waals surface area contributed by atoms with Crippen LogP contribution in [0.1, 0.15) is 24.0 Å². The van der Waals surface area contributed by atoms with E-state index in [4.69, 9.17) is 10.5 Å². The van der Waals surface area contributed by atoms with Gasteiger partial charge >= 0.3 is 6.03 Å². The van der Waals surface area contributed by atoms with Gasteiger partial charge in [-0.25, -0.2) is 10.2 Å². The third-order valence-electron chi connectivity index (χ3n) is 3.82. The van der Waals surface area contributed by atoms with Gasteiger partial charge in [0.2, 0.25) is 0 Å². The second-order valence-corrected chi connectivity index (χ2v) is 5.06. The highest BCUT2D eigenvalue weighted by Crippen LogP contribution is 2.38. The van der Waals surface area contributed by atoms with E-state index in [2.05, 4.69) is 21.5 Å². The summed E-state index contributed by atoms with van der Waals surface area (Å²) >= 11 is 0. The molecular weight excluding hydrogens is 256 g/mol. The Balaban J connectivity index is 2.09. The van der Waals surface area contributed by atoms with Crippen LogP contribution in [-0.4, -0.2) is 31.9 Å². The fourth-order valence-corrected chi connectivity index (χ4v) is 2.98. The van der Waals surface area contributed by atoms with Gasteiger partial charge in [0.25, 0.3) is 0 Å². The highest BCUT2D eigenvalue weighted by atomic mass is 16.5. The summed E-state index contributed by atoms with van der Waals surface area (Å²) in [4.78, 5) is 13.2. The Hall–Kier alpha value is -2.24. The van der Waals surface area contributed by atoms with Crippen LogP contribution >= 0.6 is 0 Å². The van der Waals surface area contributed by atoms with Crippen LogP contribution in [0.5, 0.6) is 5.75 Å². The molecule has 0 unspecified atom stereocenters. The molecule has 0 saturated carbocycles. The number of nitrogens with zero attached hydrogens (tertiary/aromatic N) is 2. The number of amides is 2. The highest BCUT2D eigenvalue weighted by molar-refractivity contribution is 6.08. The second kappa shape index (κ2) is 5.03. The number of nitrogens with two attached hydrogens (primary N) is 1. The summed E-state index contributed by atoms with van der Waals surface area (Å²) in [5.41, 5.74) is 11.8. The molecule has 1 aromatic rings. The molecule has 0 spiro atoms. The Labute approximate surface area is 117 Å². The molecule has 2 aliphatic heterocycles. The maximum Gasteiger partial charge on any atom is 0.332 e. The first-order valence-electron chi connectivity index (χ1n) is 6.77. The molecule has 0 fully saturated rings. The molecule has 3 rings (SSSR count). The largest absolute Gasteiger partial charge is 0.497 e. The molecule has 0 atom stereocenters. The van der Waals surface area contributed by atoms with E-state index in [1.807, 2.05) is 6.07 Å². The second-order valence-electron chi connectivity index (χ2n) is 5.06. The molecule has 0 aromatic heterocycles. The van der Waals surface area contributed by atoms with Gasteiger partial charge in [-0.05, 0) is 30.5 Å². The predicted molar refractivity (Wildman–Crippen MR) is 77.4 cm³/mol. The monoisotopic (exact) mass is 274 g/mol. The number of carbonyl (C=O) groups is 1. The average molecular weight is 274 g/mol. The Morgan fingerprint density at radius 2 is 2.25 bits per heavy atom. The van der Waals surface area contributed by atoms with Crippen molar-refractivity contribution < 1.29 is 9.53 Å². The molecular formula is C14H18N4O2. The minimum Gasteiger partial charge on any atom is -0.497 e. The number of nitrogens with one attached hydrogen (secondary N) is 1. The number of hydrogen-bond donors (Lipinski definition) is 2. The fourth-order valence-electron chi connectivity index (χ4n) is 2.98. The molecule has 6 heteroatoms. The number of benzene rings is 1. The number of hydrazone groups is 1. The summed E-state index contributed by atoms with van der Waals surface area (Å²) in [6, 6.07) is 3.43. The Bertz CT molecular complexity index is 583. The van der Waals surface area contributed by atoms with E-state index in [1.54, 1.807) is 7.11 Å². The van der Waals surface area contributed by atoms with E-state index >= 15 is 0 Å². The molecule has 0 radical (unpaired) electrons. The van der Waals surface area contributed by atoms with Gasteiger partial charge in [-0.3, -0.25) is 0 Å². The third-order valence-corrected chi connectivity index (χ3v) is 3.82. The summed E-state index contributed by atoms with van der Waals surface area (Å²) in [5, 5.41) is 4.14. The number of hydrogen-bond acceptors (Lipinski definition) is 4. The number of carbonyl (C=O) groups excluding carboxylic acids is 1. The van der Waals surface area contributed by atoms with Crippen LogP contribution in [0.15, 0.2) is 17.2 Å². The van der Waals surface area contributed by atoms with Crippen molar-refractivity contribution in [2.75, 3.05) is 25.1 Å². The smallest absolute Gasteiger partial charge is 0.332 e. The van der Waals surface area contributed by atoms with Gasteiger partial charge in [0.15, 0.2) is 0 Å². The molecule has 0 bridgehead atoms. The summed E-state index contributed by atoms with van der Waals surface area (Å²) in [6.45, 7) is 1.99. The van der Waals surface area contributed by atoms with Crippen LogP contribution in [-0.2, 0) is 6.42 Å². The van der Waals surface area contributed by atoms with Crippen LogP contribution < -0.4 is 20.8 Å². The minimum absolute atomic E-state index is 0.642. The molecule has 0 aliphatic carbocycles. The van der Waals surface area contributed by atoms with Crippen LogP contribution in [0, 0.1) is 0 Å². The molecule has 0 saturated heterocycles. The molecule has 6 nitrogen and oxygen atoms in total. The average Bonchev–Trinajstić information content (AvgIpc) is 2.46. The first-order chi connectivity index (χ1) is 9.69. The molecule has 106 valence electrons. The van der Waals surface area contributed by atoms with Crippen LogP contribution in [0.2, 0.25) is 0 Å². The van der Waals surface area contributed by atoms with Crippen LogP contribution in [0.4, 0.5) is 10.5 Å². The van der Waals surface area contributed by atoms with Crippen molar-refractivity contribution in [2.45, 2.75) is 19.3 Å². The Morgan fingerprint density at radius 1 is 1.40 bits per heavy atom. The van der Waals surface area contributed by atoms with Crippen LogP contribution in [0.25, 0.3) is 0 Å². The maximum atomic E-state index is 10.8. The zero-order valence-electron chi connectivity index (χ0n) is 11.5. The van der Waals surface area contributed by atoms with E-state index in [-0.39, 0.29) is 0 Å². The topological polar surface area (TPSA) is 80.0 Å². The fraction of sp³-hybridized carbons (Fsp3) is 0.429. The van der Waals surface area contributed by atoms with Crippen molar-refractivity contribution in [3.05, 3.63) is 23.3 Å².